The molecule has 0 bridgehead atoms. The third-order valence-electron chi connectivity index (χ3n) is 14.2. The van der Waals surface area contributed by atoms with Gasteiger partial charge in [-0.3, -0.25) is 0 Å². The zero-order chi connectivity index (χ0) is 37.6. The number of allylic oxidation sites excluding steroid dienone is 2. The van der Waals surface area contributed by atoms with Crippen LogP contribution in [0.5, 0.6) is 0 Å². The van der Waals surface area contributed by atoms with Crippen molar-refractivity contribution in [2.75, 3.05) is 0 Å². The molecule has 280 valence electrons. The van der Waals surface area contributed by atoms with Gasteiger partial charge in [-0.1, -0.05) is 0 Å². The summed E-state index contributed by atoms with van der Waals surface area (Å²) in [6.45, 7) is 21.0. The van der Waals surface area contributed by atoms with E-state index in [0.29, 0.717) is 8.08 Å². The van der Waals surface area contributed by atoms with Crippen LogP contribution in [0.15, 0.2) is 108 Å². The Bertz CT molecular complexity index is 1730. The van der Waals surface area contributed by atoms with Gasteiger partial charge in [-0.2, -0.15) is 0 Å². The van der Waals surface area contributed by atoms with Gasteiger partial charge in [0.15, 0.2) is 0 Å². The van der Waals surface area contributed by atoms with Crippen molar-refractivity contribution in [2.24, 2.45) is 0 Å². The van der Waals surface area contributed by atoms with Gasteiger partial charge < -0.3 is 0 Å². The number of benzene rings is 4. The summed E-state index contributed by atoms with van der Waals surface area (Å²) in [4.78, 5) is 0. The van der Waals surface area contributed by atoms with Crippen LogP contribution in [0.2, 0.25) is 17.3 Å². The van der Waals surface area contributed by atoms with Crippen molar-refractivity contribution in [2.45, 2.75) is 131 Å². The summed E-state index contributed by atoms with van der Waals surface area (Å²) in [5, 5.41) is 0. The Kier molecular flexibility index (Phi) is 13.8. The Balaban J connectivity index is 1.62. The molecule has 0 heterocycles. The second-order valence-corrected chi connectivity index (χ2v) is 45.6. The van der Waals surface area contributed by atoms with Crippen LogP contribution in [0.3, 0.4) is 0 Å². The van der Waals surface area contributed by atoms with Gasteiger partial charge in [0.2, 0.25) is 0 Å². The maximum atomic E-state index is 2.98. The number of fused-ring (bicyclic) bond motifs is 2. The standard InChI is InChI=1S/2C16H13.4C4H9.C3H6.2Zr/c2*1-12-10-14-8-5-9-15(16(14)11-12)13-6-3-2-4-7-13;4*1-3-4-2;1-3-2;;/h2*2-11H,1H3;4*1,3-4H2,2H3;1-2H3;;. The third-order valence-corrected chi connectivity index (χ3v) is 62.4. The molecule has 2 heteroatoms. The van der Waals surface area contributed by atoms with Crippen molar-refractivity contribution in [1.29, 1.82) is 0 Å². The van der Waals surface area contributed by atoms with Crippen molar-refractivity contribution in [3.63, 3.8) is 0 Å². The first-order valence-corrected chi connectivity index (χ1v) is 33.7. The number of unbranched alkanes of at least 4 members (excludes halogenated alkanes) is 4. The van der Waals surface area contributed by atoms with Crippen LogP contribution >= 0.6 is 0 Å². The van der Waals surface area contributed by atoms with Gasteiger partial charge in [0.1, 0.15) is 0 Å². The van der Waals surface area contributed by atoms with Gasteiger partial charge in [-0.15, -0.1) is 0 Å². The molecule has 4 aromatic rings. The van der Waals surface area contributed by atoms with Gasteiger partial charge in [-0.25, -0.2) is 0 Å². The molecule has 0 aliphatic heterocycles. The fourth-order valence-electron chi connectivity index (χ4n) is 11.6. The molecule has 0 aromatic heterocycles. The van der Waals surface area contributed by atoms with Crippen molar-refractivity contribution in [3.05, 3.63) is 130 Å². The molecule has 0 nitrogen and oxygen atoms in total. The second-order valence-electron chi connectivity index (χ2n) is 17.3. The Labute approximate surface area is 333 Å². The van der Waals surface area contributed by atoms with E-state index in [9.17, 15) is 0 Å². The molecule has 0 fully saturated rings. The molecule has 0 amide bonds. The van der Waals surface area contributed by atoms with Gasteiger partial charge in [0, 0.05) is 0 Å². The van der Waals surface area contributed by atoms with Crippen LogP contribution in [0.1, 0.15) is 136 Å². The van der Waals surface area contributed by atoms with Gasteiger partial charge in [-0.05, 0) is 0 Å². The molecule has 2 aliphatic rings. The molecule has 53 heavy (non-hydrogen) atoms. The van der Waals surface area contributed by atoms with E-state index in [2.05, 4.69) is 165 Å². The molecule has 4 aromatic carbocycles. The fourth-order valence-corrected chi connectivity index (χ4v) is 72.2. The molecular weight excluding hydrogens is 795 g/mol. The van der Waals surface area contributed by atoms with E-state index < -0.39 is 40.5 Å². The summed E-state index contributed by atoms with van der Waals surface area (Å²) in [7, 11) is 0. The topological polar surface area (TPSA) is 0 Å². The second kappa shape index (κ2) is 17.9. The van der Waals surface area contributed by atoms with Crippen LogP contribution in [0.4, 0.5) is 0 Å². The van der Waals surface area contributed by atoms with Crippen LogP contribution < -0.4 is 0 Å². The van der Waals surface area contributed by atoms with E-state index >= 15 is 0 Å². The zero-order valence-corrected chi connectivity index (χ0v) is 39.4. The van der Waals surface area contributed by atoms with Gasteiger partial charge in [0.25, 0.3) is 0 Å². The first-order valence-electron chi connectivity index (χ1n) is 21.4. The van der Waals surface area contributed by atoms with Crippen molar-refractivity contribution >= 4 is 12.2 Å². The molecular formula is C51H68Zr2. The van der Waals surface area contributed by atoms with Crippen LogP contribution in [0.25, 0.3) is 34.4 Å². The van der Waals surface area contributed by atoms with Gasteiger partial charge in [0.05, 0.1) is 0 Å². The number of hydrogen-bond donors (Lipinski definition) is 0. The number of rotatable bonds is 18. The van der Waals surface area contributed by atoms with E-state index in [-0.39, 0.29) is 0 Å². The van der Waals surface area contributed by atoms with Crippen LogP contribution in [0, 0.1) is 0 Å². The average Bonchev–Trinajstić information content (AvgIpc) is 3.71. The van der Waals surface area contributed by atoms with Crippen molar-refractivity contribution in [1.82, 2.24) is 0 Å². The Morgan fingerprint density at radius 2 is 0.792 bits per heavy atom. The normalized spacial score (nSPS) is 17.1. The summed E-state index contributed by atoms with van der Waals surface area (Å²) in [6, 6.07) is 37.3. The number of hydrogen-bond acceptors (Lipinski definition) is 0. The summed E-state index contributed by atoms with van der Waals surface area (Å²) in [5.41, 5.74) is 15.5. The minimum absolute atomic E-state index is 0.451. The quantitative estimate of drug-likeness (QED) is 0.0935. The fraction of sp³-hybridized carbons (Fsp3) is 0.451. The zero-order valence-electron chi connectivity index (χ0n) is 34.5. The van der Waals surface area contributed by atoms with Crippen molar-refractivity contribution < 1.29 is 40.5 Å². The first kappa shape index (κ1) is 40.8. The summed E-state index contributed by atoms with van der Waals surface area (Å²) >= 11 is -6.56. The van der Waals surface area contributed by atoms with E-state index in [0.717, 1.165) is 0 Å². The molecule has 2 unspecified atom stereocenters. The van der Waals surface area contributed by atoms with Crippen molar-refractivity contribution in [3.8, 4) is 22.3 Å². The van der Waals surface area contributed by atoms with Crippen LogP contribution in [-0.4, -0.2) is 0 Å². The molecule has 0 radical (unpaired) electrons. The predicted octanol–water partition coefficient (Wildman–Crippen LogP) is 17.0. The Morgan fingerprint density at radius 3 is 1.11 bits per heavy atom. The summed E-state index contributed by atoms with van der Waals surface area (Å²) in [5.74, 6) is 0. The monoisotopic (exact) mass is 860 g/mol. The maximum absolute atomic E-state index is 3.28. The molecule has 0 saturated heterocycles. The SMILES string of the molecule is CCC[CH2][Zr]([CH2]CCC)([CH]1C(C)=Cc2c(-c3ccccc3)cccc21)[C](C)(C)[Zr]([CH2]CCC)([CH2]CCC)[CH]1C(C)=Cc2c(-c3ccccc3)cccc21. The molecule has 6 rings (SSSR count). The van der Waals surface area contributed by atoms with E-state index in [4.69, 9.17) is 0 Å². The third kappa shape index (κ3) is 7.54. The Hall–Kier alpha value is -1.87. The van der Waals surface area contributed by atoms with Crippen LogP contribution in [-0.2, 0) is 40.5 Å². The summed E-state index contributed by atoms with van der Waals surface area (Å²) < 4.78 is 7.91. The van der Waals surface area contributed by atoms with E-state index in [1.165, 1.54) is 90.1 Å². The molecule has 0 saturated carbocycles. The molecule has 2 atom stereocenters. The summed E-state index contributed by atoms with van der Waals surface area (Å²) in [6.07, 6.45) is 16.2. The average molecular weight is 864 g/mol. The molecule has 0 N–H and O–H groups in total. The van der Waals surface area contributed by atoms with Gasteiger partial charge >= 0.3 is 337 Å². The van der Waals surface area contributed by atoms with E-state index in [1.807, 2.05) is 0 Å². The first-order chi connectivity index (χ1) is 25.7. The minimum atomic E-state index is -3.28. The predicted molar refractivity (Wildman–Crippen MR) is 229 cm³/mol. The Morgan fingerprint density at radius 1 is 0.453 bits per heavy atom. The molecule has 0 spiro atoms. The van der Waals surface area contributed by atoms with E-state index in [1.54, 1.807) is 33.4 Å². The molecule has 2 aliphatic carbocycles.